The van der Waals surface area contributed by atoms with Crippen molar-refractivity contribution < 1.29 is 9.90 Å². The molecule has 0 bridgehead atoms. The molecule has 0 spiro atoms. The zero-order valence-electron chi connectivity index (χ0n) is 18.0. The third-order valence-electron chi connectivity index (χ3n) is 5.34. The van der Waals surface area contributed by atoms with Gasteiger partial charge in [-0.05, 0) is 44.4 Å². The van der Waals surface area contributed by atoms with Crippen molar-refractivity contribution in [1.29, 1.82) is 0 Å². The van der Waals surface area contributed by atoms with Crippen LogP contribution in [-0.2, 0) is 4.79 Å². The molecule has 0 saturated heterocycles. The lowest BCUT2D eigenvalue weighted by molar-refractivity contribution is -0.124. The van der Waals surface area contributed by atoms with Gasteiger partial charge in [-0.3, -0.25) is 4.79 Å². The van der Waals surface area contributed by atoms with E-state index < -0.39 is 0 Å². The molecule has 3 N–H and O–H groups in total. The summed E-state index contributed by atoms with van der Waals surface area (Å²) in [7, 11) is 0. The van der Waals surface area contributed by atoms with Gasteiger partial charge in [0.05, 0.1) is 0 Å². The Bertz CT molecular complexity index is 390. The molecule has 0 aliphatic heterocycles. The second kappa shape index (κ2) is 19.7. The third kappa shape index (κ3) is 15.6. The average Bonchev–Trinajstić information content (AvgIpc) is 2.66. The summed E-state index contributed by atoms with van der Waals surface area (Å²) in [5.41, 5.74) is 5.58. The van der Waals surface area contributed by atoms with E-state index in [9.17, 15) is 9.90 Å². The molecule has 0 aromatic heterocycles. The molecule has 27 heavy (non-hydrogen) atoms. The van der Waals surface area contributed by atoms with Gasteiger partial charge >= 0.3 is 0 Å². The summed E-state index contributed by atoms with van der Waals surface area (Å²) in [6.45, 7) is 4.44. The van der Waals surface area contributed by atoms with Gasteiger partial charge in [-0.2, -0.15) is 0 Å². The molecule has 0 aliphatic carbocycles. The van der Waals surface area contributed by atoms with Crippen LogP contribution in [0.1, 0.15) is 104 Å². The molecule has 1 amide bonds. The van der Waals surface area contributed by atoms with E-state index in [0.29, 0.717) is 0 Å². The lowest BCUT2D eigenvalue weighted by Crippen LogP contribution is -2.32. The summed E-state index contributed by atoms with van der Waals surface area (Å²) in [5.74, 6) is -0.353. The smallest absolute Gasteiger partial charge is 0.220 e. The number of amides is 1. The zero-order valence-corrected chi connectivity index (χ0v) is 18.0. The number of nitrogens with two attached hydrogens (primary N) is 1. The topological polar surface area (TPSA) is 63.3 Å². The first-order valence-corrected chi connectivity index (χ1v) is 11.4. The van der Waals surface area contributed by atoms with Crippen LogP contribution >= 0.6 is 0 Å². The molecule has 0 heterocycles. The van der Waals surface area contributed by atoms with E-state index in [0.717, 1.165) is 44.9 Å². The number of carbonyl (C=O) groups excluding carboxylic acids is 1. The second-order valence-corrected chi connectivity index (χ2v) is 7.79. The van der Waals surface area contributed by atoms with Gasteiger partial charge in [-0.1, -0.05) is 89.5 Å². The van der Waals surface area contributed by atoms with Crippen molar-refractivity contribution in [1.82, 2.24) is 0 Å². The van der Waals surface area contributed by atoms with E-state index in [1.165, 1.54) is 44.9 Å². The number of rotatable bonds is 19. The SMILES string of the molecule is CCCCCC=CC=CCCCCCCCC(C(N)=O)C(CO)CCCC. The van der Waals surface area contributed by atoms with Crippen molar-refractivity contribution in [2.45, 2.75) is 104 Å². The molecule has 158 valence electrons. The molecule has 0 fully saturated rings. The number of allylic oxidation sites excluding steroid dienone is 4. The Labute approximate surface area is 168 Å². The van der Waals surface area contributed by atoms with E-state index in [-0.39, 0.29) is 24.3 Å². The van der Waals surface area contributed by atoms with Crippen molar-refractivity contribution in [3.05, 3.63) is 24.3 Å². The predicted octanol–water partition coefficient (Wildman–Crippen LogP) is 6.31. The molecule has 3 heteroatoms. The van der Waals surface area contributed by atoms with Crippen LogP contribution in [0.4, 0.5) is 0 Å². The van der Waals surface area contributed by atoms with Gasteiger partial charge in [0, 0.05) is 12.5 Å². The maximum atomic E-state index is 11.7. The fourth-order valence-electron chi connectivity index (χ4n) is 3.51. The lowest BCUT2D eigenvalue weighted by Gasteiger charge is -2.22. The summed E-state index contributed by atoms with van der Waals surface area (Å²) in [6.07, 6.45) is 24.9. The zero-order chi connectivity index (χ0) is 20.2. The van der Waals surface area contributed by atoms with Gasteiger partial charge in [-0.15, -0.1) is 0 Å². The third-order valence-corrected chi connectivity index (χ3v) is 5.34. The number of unbranched alkanes of at least 4 members (excludes halogenated alkanes) is 9. The lowest BCUT2D eigenvalue weighted by atomic mass is 9.84. The summed E-state index contributed by atoms with van der Waals surface area (Å²) in [5, 5.41) is 9.57. The minimum absolute atomic E-state index is 0.0441. The number of hydrogen-bond acceptors (Lipinski definition) is 2. The molecule has 0 aromatic carbocycles. The monoisotopic (exact) mass is 379 g/mol. The minimum atomic E-state index is -0.238. The quantitative estimate of drug-likeness (QED) is 0.204. The molecule has 0 rings (SSSR count). The van der Waals surface area contributed by atoms with Crippen molar-refractivity contribution in [2.75, 3.05) is 6.61 Å². The Balaban J connectivity index is 3.74. The number of aliphatic hydroxyl groups excluding tert-OH is 1. The Morgan fingerprint density at radius 1 is 0.815 bits per heavy atom. The number of carbonyl (C=O) groups is 1. The van der Waals surface area contributed by atoms with E-state index >= 15 is 0 Å². The van der Waals surface area contributed by atoms with Crippen LogP contribution in [0.3, 0.4) is 0 Å². The normalized spacial score (nSPS) is 14.2. The number of aliphatic hydroxyl groups is 1. The van der Waals surface area contributed by atoms with Crippen molar-refractivity contribution in [2.24, 2.45) is 17.6 Å². The van der Waals surface area contributed by atoms with Gasteiger partial charge in [0.2, 0.25) is 5.91 Å². The first kappa shape index (κ1) is 25.9. The summed E-state index contributed by atoms with van der Waals surface area (Å²) in [4.78, 5) is 11.7. The first-order chi connectivity index (χ1) is 13.2. The Morgan fingerprint density at radius 2 is 1.37 bits per heavy atom. The van der Waals surface area contributed by atoms with E-state index in [1.807, 2.05) is 0 Å². The van der Waals surface area contributed by atoms with Crippen LogP contribution in [0.25, 0.3) is 0 Å². The highest BCUT2D eigenvalue weighted by Crippen LogP contribution is 2.24. The fourth-order valence-corrected chi connectivity index (χ4v) is 3.51. The Morgan fingerprint density at radius 3 is 1.93 bits per heavy atom. The highest BCUT2D eigenvalue weighted by molar-refractivity contribution is 5.76. The van der Waals surface area contributed by atoms with Crippen molar-refractivity contribution in [3.63, 3.8) is 0 Å². The van der Waals surface area contributed by atoms with Crippen LogP contribution in [0, 0.1) is 11.8 Å². The van der Waals surface area contributed by atoms with Crippen molar-refractivity contribution in [3.8, 4) is 0 Å². The summed E-state index contributed by atoms with van der Waals surface area (Å²) >= 11 is 0. The van der Waals surface area contributed by atoms with Gasteiger partial charge in [0.25, 0.3) is 0 Å². The highest BCUT2D eigenvalue weighted by atomic mass is 16.3. The van der Waals surface area contributed by atoms with Crippen LogP contribution < -0.4 is 5.73 Å². The van der Waals surface area contributed by atoms with Crippen LogP contribution in [0.5, 0.6) is 0 Å². The molecule has 2 unspecified atom stereocenters. The molecule has 2 atom stereocenters. The number of primary amides is 1. The van der Waals surface area contributed by atoms with Gasteiger partial charge < -0.3 is 10.8 Å². The molecular formula is C24H45NO2. The van der Waals surface area contributed by atoms with E-state index in [1.54, 1.807) is 0 Å². The maximum absolute atomic E-state index is 11.7. The summed E-state index contributed by atoms with van der Waals surface area (Å²) < 4.78 is 0. The standard InChI is InChI=1S/C24H45NO2/c1-3-5-7-8-9-10-11-12-13-14-15-16-17-18-20-23(24(25)27)22(21-26)19-6-4-2/h9-12,22-23,26H,3-8,13-21H2,1-2H3,(H2,25,27). The van der Waals surface area contributed by atoms with E-state index in [4.69, 9.17) is 5.73 Å². The second-order valence-electron chi connectivity index (χ2n) is 7.79. The predicted molar refractivity (Wildman–Crippen MR) is 118 cm³/mol. The Kier molecular flexibility index (Phi) is 18.9. The minimum Gasteiger partial charge on any atom is -0.396 e. The summed E-state index contributed by atoms with van der Waals surface area (Å²) in [6, 6.07) is 0. The molecule has 3 nitrogen and oxygen atoms in total. The molecule has 0 radical (unpaired) electrons. The average molecular weight is 380 g/mol. The highest BCUT2D eigenvalue weighted by Gasteiger charge is 2.24. The van der Waals surface area contributed by atoms with Gasteiger partial charge in [0.1, 0.15) is 0 Å². The first-order valence-electron chi connectivity index (χ1n) is 11.4. The molecule has 0 aliphatic rings. The van der Waals surface area contributed by atoms with Gasteiger partial charge in [-0.25, -0.2) is 0 Å². The maximum Gasteiger partial charge on any atom is 0.220 e. The van der Waals surface area contributed by atoms with Crippen molar-refractivity contribution >= 4 is 5.91 Å². The molecule has 0 aromatic rings. The van der Waals surface area contributed by atoms with Gasteiger partial charge in [0.15, 0.2) is 0 Å². The number of hydrogen-bond donors (Lipinski definition) is 2. The Hall–Kier alpha value is -1.09. The molecular weight excluding hydrogens is 334 g/mol. The van der Waals surface area contributed by atoms with E-state index in [2.05, 4.69) is 38.2 Å². The van der Waals surface area contributed by atoms with Crippen LogP contribution in [-0.4, -0.2) is 17.6 Å². The molecule has 0 saturated carbocycles. The van der Waals surface area contributed by atoms with Crippen LogP contribution in [0.15, 0.2) is 24.3 Å². The fraction of sp³-hybridized carbons (Fsp3) is 0.792. The largest absolute Gasteiger partial charge is 0.396 e. The van der Waals surface area contributed by atoms with Crippen LogP contribution in [0.2, 0.25) is 0 Å².